The van der Waals surface area contributed by atoms with Crippen LogP contribution in [0.3, 0.4) is 0 Å². The molecule has 0 spiro atoms. The first-order valence-electron chi connectivity index (χ1n) is 6.72. The van der Waals surface area contributed by atoms with Gasteiger partial charge in [-0.05, 0) is 12.5 Å². The zero-order valence-corrected chi connectivity index (χ0v) is 12.1. The van der Waals surface area contributed by atoms with Gasteiger partial charge in [-0.2, -0.15) is 0 Å². The Kier molecular flexibility index (Phi) is 5.51. The predicted octanol–water partition coefficient (Wildman–Crippen LogP) is 1.34. The van der Waals surface area contributed by atoms with E-state index in [0.717, 1.165) is 5.56 Å². The Morgan fingerprint density at radius 3 is 2.40 bits per heavy atom. The van der Waals surface area contributed by atoms with Crippen LogP contribution in [0.1, 0.15) is 12.5 Å². The molecule has 5 heteroatoms. The first-order valence-corrected chi connectivity index (χ1v) is 6.72. The molecule has 0 aromatic heterocycles. The van der Waals surface area contributed by atoms with Gasteiger partial charge in [0.25, 0.3) is 0 Å². The topological polar surface area (TPSA) is 57.2 Å². The van der Waals surface area contributed by atoms with Gasteiger partial charge in [0.15, 0.2) is 6.29 Å². The molecule has 0 amide bonds. The first-order chi connectivity index (χ1) is 9.67. The van der Waals surface area contributed by atoms with Crippen molar-refractivity contribution < 1.29 is 24.1 Å². The quantitative estimate of drug-likeness (QED) is 0.883. The smallest absolute Gasteiger partial charge is 0.186 e. The SMILES string of the molecule is CO[C@H]1O[C@H](C)[C@H](O)[C@H](OCc2ccccc2)[C@H]1OC. The molecule has 1 heterocycles. The molecule has 0 bridgehead atoms. The van der Waals surface area contributed by atoms with Gasteiger partial charge in [-0.25, -0.2) is 0 Å². The van der Waals surface area contributed by atoms with E-state index in [1.165, 1.54) is 0 Å². The number of aliphatic hydroxyl groups excluding tert-OH is 1. The molecule has 1 aliphatic heterocycles. The summed E-state index contributed by atoms with van der Waals surface area (Å²) in [5, 5.41) is 10.2. The van der Waals surface area contributed by atoms with Crippen LogP contribution < -0.4 is 0 Å². The van der Waals surface area contributed by atoms with Gasteiger partial charge >= 0.3 is 0 Å². The Hall–Kier alpha value is -0.980. The third-order valence-electron chi connectivity index (χ3n) is 3.55. The summed E-state index contributed by atoms with van der Waals surface area (Å²) in [6.07, 6.45) is -2.62. The minimum Gasteiger partial charge on any atom is -0.388 e. The second kappa shape index (κ2) is 7.15. The summed E-state index contributed by atoms with van der Waals surface area (Å²) in [7, 11) is 3.11. The van der Waals surface area contributed by atoms with Gasteiger partial charge in [-0.15, -0.1) is 0 Å². The highest BCUT2D eigenvalue weighted by molar-refractivity contribution is 5.13. The van der Waals surface area contributed by atoms with Crippen molar-refractivity contribution in [2.24, 2.45) is 0 Å². The molecule has 0 saturated carbocycles. The highest BCUT2D eigenvalue weighted by Crippen LogP contribution is 2.26. The van der Waals surface area contributed by atoms with E-state index in [9.17, 15) is 5.11 Å². The van der Waals surface area contributed by atoms with Crippen LogP contribution in [0.15, 0.2) is 30.3 Å². The molecule has 1 aromatic carbocycles. The molecule has 5 atom stereocenters. The summed E-state index contributed by atoms with van der Waals surface area (Å²) in [6, 6.07) is 9.81. The highest BCUT2D eigenvalue weighted by atomic mass is 16.7. The van der Waals surface area contributed by atoms with Gasteiger partial charge in [0.2, 0.25) is 0 Å². The van der Waals surface area contributed by atoms with Crippen LogP contribution in [0, 0.1) is 0 Å². The van der Waals surface area contributed by atoms with E-state index in [4.69, 9.17) is 18.9 Å². The lowest BCUT2D eigenvalue weighted by Crippen LogP contribution is -2.58. The Labute approximate surface area is 119 Å². The molecule has 0 aliphatic carbocycles. The van der Waals surface area contributed by atoms with E-state index in [-0.39, 0.29) is 6.10 Å². The first kappa shape index (κ1) is 15.4. The van der Waals surface area contributed by atoms with Crippen LogP contribution in [-0.4, -0.2) is 50.0 Å². The van der Waals surface area contributed by atoms with E-state index in [1.807, 2.05) is 30.3 Å². The number of rotatable bonds is 5. The lowest BCUT2D eigenvalue weighted by molar-refractivity contribution is -0.300. The molecule has 0 radical (unpaired) electrons. The molecule has 1 fully saturated rings. The minimum absolute atomic E-state index is 0.368. The summed E-state index contributed by atoms with van der Waals surface area (Å²) in [5.74, 6) is 0. The van der Waals surface area contributed by atoms with Crippen molar-refractivity contribution in [3.05, 3.63) is 35.9 Å². The number of hydrogen-bond acceptors (Lipinski definition) is 5. The van der Waals surface area contributed by atoms with E-state index in [0.29, 0.717) is 6.61 Å². The van der Waals surface area contributed by atoms with Crippen molar-refractivity contribution in [2.75, 3.05) is 14.2 Å². The van der Waals surface area contributed by atoms with E-state index >= 15 is 0 Å². The van der Waals surface area contributed by atoms with Crippen LogP contribution in [0.5, 0.6) is 0 Å². The van der Waals surface area contributed by atoms with Crippen LogP contribution in [0.4, 0.5) is 0 Å². The molecule has 5 nitrogen and oxygen atoms in total. The van der Waals surface area contributed by atoms with E-state index in [1.54, 1.807) is 21.1 Å². The van der Waals surface area contributed by atoms with Crippen molar-refractivity contribution in [3.63, 3.8) is 0 Å². The van der Waals surface area contributed by atoms with Crippen LogP contribution in [-0.2, 0) is 25.6 Å². The van der Waals surface area contributed by atoms with Gasteiger partial charge in [0.05, 0.1) is 12.7 Å². The lowest BCUT2D eigenvalue weighted by Gasteiger charge is -2.42. The third-order valence-corrected chi connectivity index (χ3v) is 3.55. The number of benzene rings is 1. The minimum atomic E-state index is -0.755. The highest BCUT2D eigenvalue weighted by Gasteiger charge is 2.44. The van der Waals surface area contributed by atoms with Gasteiger partial charge in [0.1, 0.15) is 18.3 Å². The molecule has 1 saturated heterocycles. The maximum Gasteiger partial charge on any atom is 0.186 e. The Morgan fingerprint density at radius 1 is 1.10 bits per heavy atom. The van der Waals surface area contributed by atoms with Gasteiger partial charge in [-0.3, -0.25) is 0 Å². The second-order valence-electron chi connectivity index (χ2n) is 4.90. The van der Waals surface area contributed by atoms with Crippen LogP contribution in [0.2, 0.25) is 0 Å². The van der Waals surface area contributed by atoms with Crippen molar-refractivity contribution >= 4 is 0 Å². The third kappa shape index (κ3) is 3.37. The average Bonchev–Trinajstić information content (AvgIpc) is 2.49. The molecular weight excluding hydrogens is 260 g/mol. The van der Waals surface area contributed by atoms with Gasteiger partial charge in [0, 0.05) is 14.2 Å². The van der Waals surface area contributed by atoms with Crippen molar-refractivity contribution in [2.45, 2.75) is 44.2 Å². The number of ether oxygens (including phenoxy) is 4. The fraction of sp³-hybridized carbons (Fsp3) is 0.600. The Morgan fingerprint density at radius 2 is 1.80 bits per heavy atom. The fourth-order valence-corrected chi connectivity index (χ4v) is 2.38. The number of hydrogen-bond donors (Lipinski definition) is 1. The molecule has 2 rings (SSSR count). The summed E-state index contributed by atoms with van der Waals surface area (Å²) in [5.41, 5.74) is 1.04. The molecule has 1 aromatic rings. The van der Waals surface area contributed by atoms with E-state index < -0.39 is 24.6 Å². The van der Waals surface area contributed by atoms with Gasteiger partial charge < -0.3 is 24.1 Å². The maximum absolute atomic E-state index is 10.2. The number of aliphatic hydroxyl groups is 1. The number of methoxy groups -OCH3 is 2. The summed E-state index contributed by atoms with van der Waals surface area (Å²) >= 11 is 0. The molecular formula is C15H22O5. The lowest BCUT2D eigenvalue weighted by atomic mass is 9.99. The summed E-state index contributed by atoms with van der Waals surface area (Å²) in [6.45, 7) is 2.20. The summed E-state index contributed by atoms with van der Waals surface area (Å²) < 4.78 is 22.0. The molecule has 112 valence electrons. The summed E-state index contributed by atoms with van der Waals surface area (Å²) in [4.78, 5) is 0. The van der Waals surface area contributed by atoms with Crippen LogP contribution >= 0.6 is 0 Å². The normalized spacial score (nSPS) is 34.1. The standard InChI is InChI=1S/C15H22O5/c1-10-12(16)13(14(17-2)15(18-3)20-10)19-9-11-7-5-4-6-8-11/h4-8,10,12-16H,9H2,1-3H3/t10-,12+,13+,14-,15+/m1/s1. The van der Waals surface area contributed by atoms with Crippen LogP contribution in [0.25, 0.3) is 0 Å². The zero-order chi connectivity index (χ0) is 14.5. The largest absolute Gasteiger partial charge is 0.388 e. The zero-order valence-electron chi connectivity index (χ0n) is 12.1. The fourth-order valence-electron chi connectivity index (χ4n) is 2.38. The molecule has 20 heavy (non-hydrogen) atoms. The van der Waals surface area contributed by atoms with Crippen molar-refractivity contribution in [3.8, 4) is 0 Å². The Balaban J connectivity index is 2.05. The Bertz CT molecular complexity index is 397. The second-order valence-corrected chi connectivity index (χ2v) is 4.90. The average molecular weight is 282 g/mol. The van der Waals surface area contributed by atoms with Gasteiger partial charge in [-0.1, -0.05) is 30.3 Å². The van der Waals surface area contributed by atoms with Crippen molar-refractivity contribution in [1.29, 1.82) is 0 Å². The predicted molar refractivity (Wildman–Crippen MR) is 73.2 cm³/mol. The van der Waals surface area contributed by atoms with E-state index in [2.05, 4.69) is 0 Å². The van der Waals surface area contributed by atoms with Crippen molar-refractivity contribution in [1.82, 2.24) is 0 Å². The monoisotopic (exact) mass is 282 g/mol. The molecule has 1 aliphatic rings. The molecule has 1 N–H and O–H groups in total. The maximum atomic E-state index is 10.2. The molecule has 0 unspecified atom stereocenters.